The van der Waals surface area contributed by atoms with E-state index in [1.165, 1.54) is 11.1 Å². The number of cyclic esters (lactones) is 1. The predicted molar refractivity (Wildman–Crippen MR) is 51.5 cm³/mol. The van der Waals surface area contributed by atoms with Crippen LogP contribution in [0.2, 0.25) is 0 Å². The number of methoxy groups -OCH3 is 1. The first-order valence-corrected chi connectivity index (χ1v) is 5.02. The summed E-state index contributed by atoms with van der Waals surface area (Å²) in [7, 11) is 1.60. The molecule has 2 aliphatic rings. The number of hydrogen-bond donors (Lipinski definition) is 0. The van der Waals surface area contributed by atoms with Crippen LogP contribution in [0.4, 0.5) is 0 Å². The average Bonchev–Trinajstić information content (AvgIpc) is 2.45. The van der Waals surface area contributed by atoms with Crippen LogP contribution in [0.1, 0.15) is 26.7 Å². The Labute approximate surface area is 84.1 Å². The van der Waals surface area contributed by atoms with Gasteiger partial charge in [0.15, 0.2) is 0 Å². The minimum absolute atomic E-state index is 0.0312. The van der Waals surface area contributed by atoms with E-state index in [2.05, 4.69) is 13.8 Å². The lowest BCUT2D eigenvalue weighted by Gasteiger charge is -2.26. The van der Waals surface area contributed by atoms with Crippen LogP contribution in [-0.4, -0.2) is 19.4 Å². The third kappa shape index (κ3) is 1.36. The van der Waals surface area contributed by atoms with Crippen molar-refractivity contribution in [2.75, 3.05) is 7.11 Å². The maximum atomic E-state index is 11.5. The molecule has 78 valence electrons. The van der Waals surface area contributed by atoms with Crippen LogP contribution in [-0.2, 0) is 14.3 Å². The summed E-state index contributed by atoms with van der Waals surface area (Å²) >= 11 is 0. The molecule has 2 rings (SSSR count). The number of fused-ring (bicyclic) bond motifs is 1. The first-order chi connectivity index (χ1) is 6.63. The summed E-state index contributed by atoms with van der Waals surface area (Å²) in [6.45, 7) is 4.22. The van der Waals surface area contributed by atoms with Crippen LogP contribution in [0.5, 0.6) is 0 Å². The Morgan fingerprint density at radius 2 is 1.93 bits per heavy atom. The van der Waals surface area contributed by atoms with Gasteiger partial charge in [0.1, 0.15) is 0 Å². The van der Waals surface area contributed by atoms with Crippen molar-refractivity contribution >= 4 is 5.97 Å². The Balaban J connectivity index is 2.23. The highest BCUT2D eigenvalue weighted by molar-refractivity contribution is 5.76. The van der Waals surface area contributed by atoms with E-state index in [1.54, 1.807) is 7.11 Å². The van der Waals surface area contributed by atoms with Gasteiger partial charge in [-0.1, -0.05) is 11.1 Å². The second-order valence-corrected chi connectivity index (χ2v) is 4.28. The van der Waals surface area contributed by atoms with E-state index in [0.717, 1.165) is 12.8 Å². The molecular weight excluding hydrogens is 180 g/mol. The molecule has 0 amide bonds. The van der Waals surface area contributed by atoms with Crippen molar-refractivity contribution in [1.82, 2.24) is 0 Å². The van der Waals surface area contributed by atoms with Gasteiger partial charge in [0.05, 0.1) is 5.92 Å². The Hall–Kier alpha value is -0.830. The van der Waals surface area contributed by atoms with Crippen LogP contribution in [0, 0.1) is 11.8 Å². The van der Waals surface area contributed by atoms with Crippen molar-refractivity contribution in [3.8, 4) is 0 Å². The molecule has 0 N–H and O–H groups in total. The second-order valence-electron chi connectivity index (χ2n) is 4.28. The van der Waals surface area contributed by atoms with Gasteiger partial charge in [-0.3, -0.25) is 4.79 Å². The number of allylic oxidation sites excluding steroid dienone is 2. The van der Waals surface area contributed by atoms with Crippen LogP contribution in [0.15, 0.2) is 11.1 Å². The molecule has 0 saturated carbocycles. The van der Waals surface area contributed by atoms with E-state index in [4.69, 9.17) is 9.47 Å². The van der Waals surface area contributed by atoms with E-state index in [0.29, 0.717) is 0 Å². The van der Waals surface area contributed by atoms with E-state index >= 15 is 0 Å². The summed E-state index contributed by atoms with van der Waals surface area (Å²) in [6, 6.07) is 0. The van der Waals surface area contributed by atoms with Crippen LogP contribution < -0.4 is 0 Å². The van der Waals surface area contributed by atoms with Gasteiger partial charge >= 0.3 is 5.97 Å². The van der Waals surface area contributed by atoms with Gasteiger partial charge in [0.25, 0.3) is 0 Å². The van der Waals surface area contributed by atoms with Gasteiger partial charge in [-0.05, 0) is 26.7 Å². The highest BCUT2D eigenvalue weighted by Crippen LogP contribution is 2.42. The molecule has 0 spiro atoms. The summed E-state index contributed by atoms with van der Waals surface area (Å²) in [5.41, 5.74) is 2.71. The number of esters is 1. The molecule has 1 saturated heterocycles. The van der Waals surface area contributed by atoms with Gasteiger partial charge < -0.3 is 9.47 Å². The monoisotopic (exact) mass is 196 g/mol. The zero-order chi connectivity index (χ0) is 10.3. The van der Waals surface area contributed by atoms with Gasteiger partial charge in [0.2, 0.25) is 6.29 Å². The van der Waals surface area contributed by atoms with Gasteiger partial charge in [-0.2, -0.15) is 0 Å². The van der Waals surface area contributed by atoms with Crippen LogP contribution in [0.25, 0.3) is 0 Å². The fraction of sp³-hybridized carbons (Fsp3) is 0.727. The molecule has 1 heterocycles. The van der Waals surface area contributed by atoms with Crippen molar-refractivity contribution in [3.63, 3.8) is 0 Å². The van der Waals surface area contributed by atoms with E-state index in [-0.39, 0.29) is 24.1 Å². The minimum atomic E-state index is -0.324. The lowest BCUT2D eigenvalue weighted by atomic mass is 9.78. The second kappa shape index (κ2) is 3.39. The van der Waals surface area contributed by atoms with Crippen molar-refractivity contribution < 1.29 is 14.3 Å². The topological polar surface area (TPSA) is 35.5 Å². The lowest BCUT2D eigenvalue weighted by Crippen LogP contribution is -2.26. The molecule has 14 heavy (non-hydrogen) atoms. The molecule has 0 unspecified atom stereocenters. The molecule has 0 bridgehead atoms. The zero-order valence-electron chi connectivity index (χ0n) is 8.87. The Morgan fingerprint density at radius 1 is 1.29 bits per heavy atom. The Kier molecular flexibility index (Phi) is 2.35. The lowest BCUT2D eigenvalue weighted by molar-refractivity contribution is -0.161. The normalized spacial score (nSPS) is 37.1. The summed E-state index contributed by atoms with van der Waals surface area (Å²) in [5, 5.41) is 0. The molecule has 1 fully saturated rings. The third-order valence-corrected chi connectivity index (χ3v) is 3.43. The number of rotatable bonds is 1. The fourth-order valence-electron chi connectivity index (χ4n) is 2.38. The maximum Gasteiger partial charge on any atom is 0.312 e. The van der Waals surface area contributed by atoms with Crippen molar-refractivity contribution in [2.45, 2.75) is 33.0 Å². The van der Waals surface area contributed by atoms with E-state index < -0.39 is 0 Å². The largest absolute Gasteiger partial charge is 0.435 e. The molecule has 3 heteroatoms. The Bertz CT molecular complexity index is 293. The van der Waals surface area contributed by atoms with Crippen LogP contribution >= 0.6 is 0 Å². The van der Waals surface area contributed by atoms with Gasteiger partial charge in [-0.25, -0.2) is 0 Å². The highest BCUT2D eigenvalue weighted by atomic mass is 16.7. The summed E-state index contributed by atoms with van der Waals surface area (Å²) in [4.78, 5) is 11.5. The molecular formula is C11H16O3. The summed E-state index contributed by atoms with van der Waals surface area (Å²) < 4.78 is 10.3. The fourth-order valence-corrected chi connectivity index (χ4v) is 2.38. The smallest absolute Gasteiger partial charge is 0.312 e. The highest BCUT2D eigenvalue weighted by Gasteiger charge is 2.46. The molecule has 0 radical (unpaired) electrons. The molecule has 0 aromatic rings. The average molecular weight is 196 g/mol. The van der Waals surface area contributed by atoms with Crippen molar-refractivity contribution in [1.29, 1.82) is 0 Å². The van der Waals surface area contributed by atoms with Crippen LogP contribution in [0.3, 0.4) is 0 Å². The zero-order valence-corrected chi connectivity index (χ0v) is 8.87. The summed E-state index contributed by atoms with van der Waals surface area (Å²) in [6.07, 6.45) is 1.45. The Morgan fingerprint density at radius 3 is 2.57 bits per heavy atom. The van der Waals surface area contributed by atoms with E-state index in [9.17, 15) is 4.79 Å². The predicted octanol–water partition coefficient (Wildman–Crippen LogP) is 1.88. The number of carbonyl (C=O) groups excluding carboxylic acids is 1. The SMILES string of the molecule is CO[C@@H]1OC(=O)[C@H]2CC(C)=C(C)C[C@@H]12. The molecule has 0 aromatic carbocycles. The number of hydrogen-bond acceptors (Lipinski definition) is 3. The number of carbonyl (C=O) groups is 1. The van der Waals surface area contributed by atoms with Gasteiger partial charge in [0, 0.05) is 13.0 Å². The van der Waals surface area contributed by atoms with Gasteiger partial charge in [-0.15, -0.1) is 0 Å². The molecule has 3 atom stereocenters. The first-order valence-electron chi connectivity index (χ1n) is 5.02. The minimum Gasteiger partial charge on any atom is -0.435 e. The van der Waals surface area contributed by atoms with Crippen molar-refractivity contribution in [2.24, 2.45) is 11.8 Å². The summed E-state index contributed by atoms with van der Waals surface area (Å²) in [5.74, 6) is 0.175. The maximum absolute atomic E-state index is 11.5. The molecule has 1 aliphatic heterocycles. The molecule has 3 nitrogen and oxygen atoms in total. The van der Waals surface area contributed by atoms with E-state index in [1.807, 2.05) is 0 Å². The quantitative estimate of drug-likeness (QED) is 0.474. The number of ether oxygens (including phenoxy) is 2. The molecule has 1 aliphatic carbocycles. The third-order valence-electron chi connectivity index (χ3n) is 3.43. The van der Waals surface area contributed by atoms with Crippen molar-refractivity contribution in [3.05, 3.63) is 11.1 Å². The standard InChI is InChI=1S/C11H16O3/c1-6-4-8-9(5-7(6)2)11(13-3)14-10(8)12/h8-9,11H,4-5H2,1-3H3/t8-,9+,11+/m0/s1. The molecule has 0 aromatic heterocycles. The first kappa shape index (κ1) is 9.71.